The normalized spacial score (nSPS) is 7.65. The molecule has 6 nitrogen and oxygen atoms in total. The fourth-order valence-electron chi connectivity index (χ4n) is 2.18. The Kier molecular flexibility index (Phi) is 33.6. The molecule has 146 valence electrons. The molecule has 0 heterocycles. The van der Waals surface area contributed by atoms with E-state index in [-0.39, 0.29) is 88.7 Å². The van der Waals surface area contributed by atoms with E-state index in [2.05, 4.69) is 91.0 Å². The van der Waals surface area contributed by atoms with Crippen molar-refractivity contribution in [2.24, 2.45) is 0 Å². The molecule has 0 bridgehead atoms. The Morgan fingerprint density at radius 3 is 0.774 bits per heavy atom. The molecule has 3 rings (SSSR count). The summed E-state index contributed by atoms with van der Waals surface area (Å²) in [4.78, 5) is 24.7. The first kappa shape index (κ1) is 37.8. The van der Waals surface area contributed by atoms with Crippen LogP contribution >= 0.6 is 7.92 Å². The maximum atomic E-state index is 8.24. The van der Waals surface area contributed by atoms with E-state index in [1.165, 1.54) is 15.9 Å². The molecule has 10 heteroatoms. The Balaban J connectivity index is -0.000000265. The first-order valence-electron chi connectivity index (χ1n) is 7.69. The van der Waals surface area contributed by atoms with E-state index in [1.54, 1.807) is 0 Å². The summed E-state index contributed by atoms with van der Waals surface area (Å²) < 4.78 is 0. The average Bonchev–Trinajstić information content (AvgIpc) is 2.73. The van der Waals surface area contributed by atoms with Crippen LogP contribution in [0, 0.1) is 0 Å². The topological polar surface area (TPSA) is 112 Å². The van der Waals surface area contributed by atoms with Crippen LogP contribution in [0.4, 0.5) is 0 Å². The number of hydrogen-bond donors (Lipinski definition) is 3. The molecule has 0 aliphatic rings. The molecule has 0 spiro atoms. The molecule has 0 unspecified atom stereocenters. The van der Waals surface area contributed by atoms with E-state index in [4.69, 9.17) is 29.7 Å². The minimum absolute atomic E-state index is 0. The molecular weight excluding hydrogens is 448 g/mol. The summed E-state index contributed by atoms with van der Waals surface area (Å²) in [5.74, 6) is 0. The van der Waals surface area contributed by atoms with Gasteiger partial charge in [0.25, 0.3) is 0 Å². The molecule has 3 aromatic rings. The average molecular weight is 466 g/mol. The molecule has 0 aliphatic heterocycles. The van der Waals surface area contributed by atoms with Gasteiger partial charge in [0.05, 0.1) is 0 Å². The SMILES string of the molecule is O=[C-]O.O=[C-]O.O=[C-]O.[Na+].[Na+].[Na+].c1ccc(P(c2ccccc2)c2ccccc2)cc1. The van der Waals surface area contributed by atoms with Crippen LogP contribution in [0.5, 0.6) is 0 Å². The molecule has 0 aliphatic carbocycles. The Labute approximate surface area is 249 Å². The van der Waals surface area contributed by atoms with Gasteiger partial charge in [-0.15, -0.1) is 0 Å². The molecule has 0 radical (unpaired) electrons. The smallest absolute Gasteiger partial charge is 0.665 e. The molecule has 0 saturated heterocycles. The van der Waals surface area contributed by atoms with Crippen LogP contribution < -0.4 is 105 Å². The van der Waals surface area contributed by atoms with E-state index in [9.17, 15) is 0 Å². The predicted octanol–water partition coefficient (Wildman–Crippen LogP) is -6.71. The fourth-order valence-corrected chi connectivity index (χ4v) is 4.48. The van der Waals surface area contributed by atoms with E-state index < -0.39 is 7.92 Å². The Hall–Kier alpha value is -0.500. The summed E-state index contributed by atoms with van der Waals surface area (Å²) in [6.45, 7) is 1.50. The van der Waals surface area contributed by atoms with Crippen LogP contribution in [0.15, 0.2) is 91.0 Å². The standard InChI is InChI=1S/C18H15P.3CHO2.3Na/c1-4-10-16(11-5-1)19(17-12-6-2-7-13-17)18-14-8-3-9-15-18;3*2-1-3;;;/h1-15H;3*(H,2,3);;;/q;3*-1;3*+1. The molecule has 0 aromatic heterocycles. The third-order valence-electron chi connectivity index (χ3n) is 3.04. The van der Waals surface area contributed by atoms with E-state index in [0.29, 0.717) is 19.4 Å². The van der Waals surface area contributed by atoms with Crippen LogP contribution in [-0.2, 0) is 14.4 Å². The van der Waals surface area contributed by atoms with Gasteiger partial charge in [-0.25, -0.2) is 0 Å². The van der Waals surface area contributed by atoms with Gasteiger partial charge >= 0.3 is 88.7 Å². The zero-order valence-electron chi connectivity index (χ0n) is 17.7. The van der Waals surface area contributed by atoms with Crippen LogP contribution in [0.1, 0.15) is 0 Å². The van der Waals surface area contributed by atoms with Crippen molar-refractivity contribution in [1.82, 2.24) is 0 Å². The van der Waals surface area contributed by atoms with Gasteiger partial charge in [0.2, 0.25) is 0 Å². The Bertz CT molecular complexity index is 673. The van der Waals surface area contributed by atoms with Gasteiger partial charge in [-0.3, -0.25) is 0 Å². The van der Waals surface area contributed by atoms with E-state index in [0.717, 1.165) is 0 Å². The van der Waals surface area contributed by atoms with Gasteiger partial charge in [0.1, 0.15) is 0 Å². The second kappa shape index (κ2) is 27.5. The number of aliphatic hydroxyl groups excluding tert-OH is 3. The van der Waals surface area contributed by atoms with Crippen molar-refractivity contribution in [2.75, 3.05) is 0 Å². The van der Waals surface area contributed by atoms with Crippen molar-refractivity contribution < 1.29 is 118 Å². The zero-order valence-corrected chi connectivity index (χ0v) is 24.6. The molecule has 3 N–H and O–H groups in total. The molecule has 31 heavy (non-hydrogen) atoms. The van der Waals surface area contributed by atoms with Crippen molar-refractivity contribution in [3.05, 3.63) is 91.0 Å². The molecular formula is C21H18Na3O6P. The van der Waals surface area contributed by atoms with E-state index in [1.807, 2.05) is 0 Å². The van der Waals surface area contributed by atoms with Crippen LogP contribution in [0.3, 0.4) is 0 Å². The summed E-state index contributed by atoms with van der Waals surface area (Å²) in [7, 11) is -0.446. The van der Waals surface area contributed by atoms with Gasteiger partial charge in [-0.05, 0) is 23.8 Å². The maximum Gasteiger partial charge on any atom is 1.00 e. The van der Waals surface area contributed by atoms with Crippen LogP contribution in [-0.4, -0.2) is 34.7 Å². The number of benzene rings is 3. The Morgan fingerprint density at radius 2 is 0.613 bits per heavy atom. The van der Waals surface area contributed by atoms with Crippen molar-refractivity contribution in [2.45, 2.75) is 0 Å². The Morgan fingerprint density at radius 1 is 0.452 bits per heavy atom. The third-order valence-corrected chi connectivity index (χ3v) is 5.49. The monoisotopic (exact) mass is 466 g/mol. The number of rotatable bonds is 3. The predicted molar refractivity (Wildman–Crippen MR) is 110 cm³/mol. The van der Waals surface area contributed by atoms with E-state index >= 15 is 0 Å². The van der Waals surface area contributed by atoms with Crippen LogP contribution in [0.25, 0.3) is 0 Å². The first-order chi connectivity index (χ1) is 13.7. The first-order valence-corrected chi connectivity index (χ1v) is 9.03. The molecule has 0 atom stereocenters. The number of hydrogen-bond acceptors (Lipinski definition) is 3. The van der Waals surface area contributed by atoms with Crippen molar-refractivity contribution in [3.8, 4) is 0 Å². The molecule has 0 amide bonds. The summed E-state index contributed by atoms with van der Waals surface area (Å²) in [6.07, 6.45) is 0. The minimum Gasteiger partial charge on any atom is -0.665 e. The quantitative estimate of drug-likeness (QED) is 0.201. The summed E-state index contributed by atoms with van der Waals surface area (Å²) >= 11 is 0. The summed E-state index contributed by atoms with van der Waals surface area (Å²) in [6, 6.07) is 32.3. The van der Waals surface area contributed by atoms with Gasteiger partial charge in [0, 0.05) is 0 Å². The molecule has 0 fully saturated rings. The van der Waals surface area contributed by atoms with Gasteiger partial charge in [-0.2, -0.15) is 0 Å². The minimum atomic E-state index is -0.446. The summed E-state index contributed by atoms with van der Waals surface area (Å²) in [5, 5.41) is 24.5. The van der Waals surface area contributed by atoms with Crippen LogP contribution in [0.2, 0.25) is 0 Å². The van der Waals surface area contributed by atoms with Gasteiger partial charge in [-0.1, -0.05) is 110 Å². The van der Waals surface area contributed by atoms with Gasteiger partial charge in [0.15, 0.2) is 0 Å². The second-order valence-electron chi connectivity index (χ2n) is 4.62. The van der Waals surface area contributed by atoms with Crippen molar-refractivity contribution in [3.63, 3.8) is 0 Å². The molecule has 3 aromatic carbocycles. The van der Waals surface area contributed by atoms with Crippen molar-refractivity contribution in [1.29, 1.82) is 0 Å². The maximum absolute atomic E-state index is 8.24. The van der Waals surface area contributed by atoms with Gasteiger partial charge < -0.3 is 29.7 Å². The fraction of sp³-hybridized carbons (Fsp3) is 0. The molecule has 0 saturated carbocycles. The summed E-state index contributed by atoms with van der Waals surface area (Å²) in [5.41, 5.74) is 0. The second-order valence-corrected chi connectivity index (χ2v) is 6.84. The van der Waals surface area contributed by atoms with Crippen molar-refractivity contribution >= 4 is 43.3 Å². The third kappa shape index (κ3) is 17.7. The largest absolute Gasteiger partial charge is 1.00 e. The zero-order chi connectivity index (χ0) is 21.0.